The van der Waals surface area contributed by atoms with Crippen LogP contribution in [0.3, 0.4) is 0 Å². The van der Waals surface area contributed by atoms with Crippen molar-refractivity contribution in [3.63, 3.8) is 0 Å². The smallest absolute Gasteiger partial charge is 0.164 e. The first kappa shape index (κ1) is 83.8. The van der Waals surface area contributed by atoms with Crippen LogP contribution in [0.5, 0.6) is 0 Å². The molecule has 25 aromatic rings. The number of hydrogen-bond acceptors (Lipinski definition) is 9. The molecule has 22 aromatic carbocycles. The molecular formula is C134H87N9. The van der Waals surface area contributed by atoms with Crippen LogP contribution in [0.2, 0.25) is 0 Å². The zero-order valence-corrected chi connectivity index (χ0v) is 78.3. The average molecular weight is 1820 g/mol. The van der Waals surface area contributed by atoms with E-state index in [9.17, 15) is 0 Å². The van der Waals surface area contributed by atoms with Gasteiger partial charge in [-0.2, -0.15) is 0 Å². The van der Waals surface area contributed by atoms with Gasteiger partial charge in [0.05, 0.1) is 10.8 Å². The summed E-state index contributed by atoms with van der Waals surface area (Å²) in [4.78, 5) is 46.1. The maximum atomic E-state index is 5.19. The van der Waals surface area contributed by atoms with Crippen molar-refractivity contribution in [1.82, 2.24) is 44.9 Å². The Morgan fingerprint density at radius 2 is 0.294 bits per heavy atom. The fraction of sp³-hybridized carbons (Fsp3) is 0.0373. The van der Waals surface area contributed by atoms with Gasteiger partial charge in [-0.15, -0.1) is 0 Å². The molecule has 9 nitrogen and oxygen atoms in total. The molecule has 9 heteroatoms. The highest BCUT2D eigenvalue weighted by atomic mass is 15.1. The molecule has 4 aliphatic carbocycles. The molecule has 0 fully saturated rings. The molecule has 0 aliphatic heterocycles. The van der Waals surface area contributed by atoms with Crippen LogP contribution in [-0.4, -0.2) is 44.9 Å². The van der Waals surface area contributed by atoms with Crippen molar-refractivity contribution in [3.05, 3.63) is 547 Å². The number of benzene rings is 22. The Kier molecular flexibility index (Phi) is 19.9. The van der Waals surface area contributed by atoms with Gasteiger partial charge in [0.25, 0.3) is 0 Å². The highest BCUT2D eigenvalue weighted by molar-refractivity contribution is 5.99. The van der Waals surface area contributed by atoms with E-state index in [-0.39, 0.29) is 10.8 Å². The first-order valence-corrected chi connectivity index (χ1v) is 48.8. The third kappa shape index (κ3) is 14.1. The average Bonchev–Trinajstić information content (AvgIpc) is 1.50. The van der Waals surface area contributed by atoms with Crippen LogP contribution in [0.1, 0.15) is 69.5 Å². The molecule has 4 aliphatic rings. The molecule has 0 N–H and O–H groups in total. The van der Waals surface area contributed by atoms with Crippen molar-refractivity contribution >= 4 is 64.6 Å². The summed E-state index contributed by atoms with van der Waals surface area (Å²) in [6.45, 7) is 4.60. The summed E-state index contributed by atoms with van der Waals surface area (Å²) >= 11 is 0. The lowest BCUT2D eigenvalue weighted by Crippen LogP contribution is -2.28. The molecule has 1 spiro atoms. The van der Waals surface area contributed by atoms with Gasteiger partial charge in [0.15, 0.2) is 52.4 Å². The lowest BCUT2D eigenvalue weighted by molar-refractivity contribution is 0.660. The predicted molar refractivity (Wildman–Crippen MR) is 585 cm³/mol. The third-order valence-corrected chi connectivity index (χ3v) is 29.8. The molecule has 668 valence electrons. The number of fused-ring (bicyclic) bond motifs is 22. The van der Waals surface area contributed by atoms with Gasteiger partial charge >= 0.3 is 0 Å². The summed E-state index contributed by atoms with van der Waals surface area (Å²) in [6, 6.07) is 175. The van der Waals surface area contributed by atoms with E-state index in [0.29, 0.717) is 52.4 Å². The zero-order valence-electron chi connectivity index (χ0n) is 78.3. The van der Waals surface area contributed by atoms with Crippen LogP contribution < -0.4 is 0 Å². The minimum atomic E-state index is -0.460. The van der Waals surface area contributed by atoms with Gasteiger partial charge < -0.3 is 0 Å². The lowest BCUT2D eigenvalue weighted by atomic mass is 9.67. The number of nitrogens with zero attached hydrogens (tertiary/aromatic N) is 9. The summed E-state index contributed by atoms with van der Waals surface area (Å²) < 4.78 is 0. The van der Waals surface area contributed by atoms with E-state index >= 15 is 0 Å². The van der Waals surface area contributed by atoms with Crippen LogP contribution in [0.15, 0.2) is 491 Å². The normalized spacial score (nSPS) is 13.1. The number of hydrogen-bond donors (Lipinski definition) is 0. The fourth-order valence-electron chi connectivity index (χ4n) is 22.9. The molecule has 0 amide bonds. The molecule has 3 aromatic heterocycles. The quantitative estimate of drug-likeness (QED) is 0.125. The Hall–Kier alpha value is -18.6. The van der Waals surface area contributed by atoms with Gasteiger partial charge in [-0.1, -0.05) is 451 Å². The Labute approximate surface area is 827 Å². The van der Waals surface area contributed by atoms with E-state index in [4.69, 9.17) is 44.9 Å². The van der Waals surface area contributed by atoms with Gasteiger partial charge in [-0.05, 0) is 219 Å². The minimum absolute atomic E-state index is 0.0456. The van der Waals surface area contributed by atoms with Crippen molar-refractivity contribution in [2.75, 3.05) is 0 Å². The Morgan fingerprint density at radius 3 is 0.566 bits per heavy atom. The van der Waals surface area contributed by atoms with Crippen molar-refractivity contribution in [2.24, 2.45) is 0 Å². The molecule has 0 radical (unpaired) electrons. The molecule has 3 heterocycles. The van der Waals surface area contributed by atoms with E-state index in [0.717, 1.165) is 82.4 Å². The Bertz CT molecular complexity index is 8820. The molecule has 143 heavy (non-hydrogen) atoms. The van der Waals surface area contributed by atoms with Crippen LogP contribution in [0, 0.1) is 0 Å². The van der Waals surface area contributed by atoms with E-state index in [1.54, 1.807) is 0 Å². The van der Waals surface area contributed by atoms with Gasteiger partial charge in [-0.25, -0.2) is 44.9 Å². The monoisotopic (exact) mass is 1820 g/mol. The summed E-state index contributed by atoms with van der Waals surface area (Å²) in [5, 5.41) is 14.1. The highest BCUT2D eigenvalue weighted by Gasteiger charge is 2.52. The lowest BCUT2D eigenvalue weighted by Gasteiger charge is -2.33. The molecule has 0 saturated carbocycles. The van der Waals surface area contributed by atoms with Crippen molar-refractivity contribution in [2.45, 2.75) is 30.1 Å². The second-order valence-corrected chi connectivity index (χ2v) is 38.2. The van der Waals surface area contributed by atoms with Gasteiger partial charge in [-0.3, -0.25) is 0 Å². The Balaban J connectivity index is 0.000000108. The number of aromatic nitrogens is 9. The topological polar surface area (TPSA) is 116 Å². The summed E-state index contributed by atoms with van der Waals surface area (Å²) in [5.74, 6) is 5.94. The predicted octanol–water partition coefficient (Wildman–Crippen LogP) is 32.5. The largest absolute Gasteiger partial charge is 0.208 e. The molecule has 29 rings (SSSR count). The minimum Gasteiger partial charge on any atom is -0.208 e. The van der Waals surface area contributed by atoms with Crippen LogP contribution >= 0.6 is 0 Å². The molecule has 0 unspecified atom stereocenters. The van der Waals surface area contributed by atoms with Crippen molar-refractivity contribution in [1.29, 1.82) is 0 Å². The van der Waals surface area contributed by atoms with Crippen LogP contribution in [-0.2, 0) is 16.2 Å². The highest BCUT2D eigenvalue weighted by Crippen LogP contribution is 2.64. The summed E-state index contributed by atoms with van der Waals surface area (Å²) in [7, 11) is 0. The molecular weight excluding hydrogens is 1740 g/mol. The van der Waals surface area contributed by atoms with Gasteiger partial charge in [0, 0.05) is 55.5 Å². The van der Waals surface area contributed by atoms with Gasteiger partial charge in [0.1, 0.15) is 0 Å². The second kappa shape index (κ2) is 34.0. The molecule has 0 atom stereocenters. The standard InChI is InChI=1S/C48H29N3.C48H31N3.C38H27N3/c1-3-13-32-27-34(23-21-30(32)11-1)45-49-46(35-24-22-31-12-2-4-14-33(31)28-35)51-47(50-45)36-25-26-44-40(29-36)39-17-7-10-20-43(39)48(44)41-18-8-5-15-37(41)38-16-6-9-19-42(38)48;1-3-17-39(18-4-1)48(40-19-5-2-6-20-40)43-22-12-11-21-41(43)42-31-38(27-28-44(42)48)47-50-45(36-25-23-32-13-7-9-15-34(32)29-36)49-46(51-47)37-26-24-33-14-8-10-16-35(33)30-37;1-38(2)33-14-8-7-13-31(33)32-23-30(19-20-34(32)38)37-40-35(28-17-15-24-9-3-5-11-26(24)21-28)39-36(41-37)29-18-16-25-10-4-6-12-27(25)22-29/h1-29H;1-31H;3-23H,1-2H3. The first-order valence-electron chi connectivity index (χ1n) is 48.8. The van der Waals surface area contributed by atoms with E-state index in [1.807, 2.05) is 0 Å². The van der Waals surface area contributed by atoms with Crippen LogP contribution in [0.4, 0.5) is 0 Å². The third-order valence-electron chi connectivity index (χ3n) is 29.8. The molecule has 0 bridgehead atoms. The maximum absolute atomic E-state index is 5.19. The van der Waals surface area contributed by atoms with E-state index in [2.05, 4.69) is 505 Å². The van der Waals surface area contributed by atoms with Gasteiger partial charge in [0.2, 0.25) is 0 Å². The fourth-order valence-corrected chi connectivity index (χ4v) is 22.9. The van der Waals surface area contributed by atoms with E-state index in [1.165, 1.54) is 132 Å². The summed E-state index contributed by atoms with van der Waals surface area (Å²) in [6.07, 6.45) is 0. The molecule has 0 saturated heterocycles. The Morgan fingerprint density at radius 1 is 0.126 bits per heavy atom. The second-order valence-electron chi connectivity index (χ2n) is 38.2. The first-order chi connectivity index (χ1) is 70.5. The van der Waals surface area contributed by atoms with Crippen LogP contribution in [0.25, 0.3) is 212 Å². The summed E-state index contributed by atoms with van der Waals surface area (Å²) in [5.41, 5.74) is 30.8. The maximum Gasteiger partial charge on any atom is 0.164 e. The van der Waals surface area contributed by atoms with Crippen molar-refractivity contribution in [3.8, 4) is 147 Å². The SMILES string of the molecule is CC1(C)c2ccccc2-c2cc(-c3nc(-c4ccc5ccccc5c4)nc(-c4ccc5ccccc5c4)n3)ccc21.c1ccc(C2(c3ccccc3)c3ccccc3-c3cc(-c4nc(-c5ccc6ccccc6c5)nc(-c5ccc6ccccc6c5)n4)ccc32)cc1.c1ccc2c(c1)-c1ccccc1C21c2ccccc2-c2cc(-c3nc(-c4ccc5ccccc5c4)nc(-c4ccc5ccccc5c4)n3)ccc21. The van der Waals surface area contributed by atoms with Crippen molar-refractivity contribution < 1.29 is 0 Å². The number of rotatable bonds is 11. The zero-order chi connectivity index (χ0) is 94.9. The van der Waals surface area contributed by atoms with E-state index < -0.39 is 5.41 Å².